The fourth-order valence-corrected chi connectivity index (χ4v) is 3.26. The van der Waals surface area contributed by atoms with E-state index >= 15 is 0 Å². The molecule has 3 rings (SSSR count). The highest BCUT2D eigenvalue weighted by Gasteiger charge is 2.31. The standard InChI is InChI=1S/C15H20N4O/c16-9-12-8-14(17-10-12)15(20)19-7-4-13(11-19)18-5-2-1-3-6-18/h8,10,13,17H,1-7,11H2/t13-/m1/s1. The number of aromatic nitrogens is 1. The van der Waals surface area contributed by atoms with Gasteiger partial charge in [0, 0.05) is 25.3 Å². The van der Waals surface area contributed by atoms with E-state index in [1.807, 2.05) is 11.0 Å². The largest absolute Gasteiger partial charge is 0.356 e. The molecule has 0 saturated carbocycles. The van der Waals surface area contributed by atoms with Gasteiger partial charge in [-0.3, -0.25) is 9.69 Å². The minimum atomic E-state index is 0.0195. The highest BCUT2D eigenvalue weighted by molar-refractivity contribution is 5.93. The Morgan fingerprint density at radius 3 is 2.80 bits per heavy atom. The van der Waals surface area contributed by atoms with E-state index in [1.54, 1.807) is 12.3 Å². The van der Waals surface area contributed by atoms with Crippen LogP contribution in [0.2, 0.25) is 0 Å². The van der Waals surface area contributed by atoms with Crippen LogP contribution in [-0.2, 0) is 0 Å². The summed E-state index contributed by atoms with van der Waals surface area (Å²) in [6, 6.07) is 4.20. The van der Waals surface area contributed by atoms with E-state index in [4.69, 9.17) is 5.26 Å². The lowest BCUT2D eigenvalue weighted by Crippen LogP contribution is -2.41. The lowest BCUT2D eigenvalue weighted by molar-refractivity contribution is 0.0766. The molecule has 1 N–H and O–H groups in total. The molecule has 5 heteroatoms. The quantitative estimate of drug-likeness (QED) is 0.889. The van der Waals surface area contributed by atoms with Crippen LogP contribution >= 0.6 is 0 Å². The summed E-state index contributed by atoms with van der Waals surface area (Å²) in [5.74, 6) is 0.0195. The number of nitriles is 1. The summed E-state index contributed by atoms with van der Waals surface area (Å²) >= 11 is 0. The predicted molar refractivity (Wildman–Crippen MR) is 75.2 cm³/mol. The van der Waals surface area contributed by atoms with Gasteiger partial charge in [-0.2, -0.15) is 5.26 Å². The van der Waals surface area contributed by atoms with E-state index in [0.29, 0.717) is 17.3 Å². The molecular formula is C15H20N4O. The van der Waals surface area contributed by atoms with Crippen LogP contribution in [0.3, 0.4) is 0 Å². The predicted octanol–water partition coefficient (Wildman–Crippen LogP) is 1.59. The maximum atomic E-state index is 12.4. The number of piperidine rings is 1. The summed E-state index contributed by atoms with van der Waals surface area (Å²) < 4.78 is 0. The van der Waals surface area contributed by atoms with Gasteiger partial charge in [-0.05, 0) is 38.4 Å². The van der Waals surface area contributed by atoms with Gasteiger partial charge in [-0.15, -0.1) is 0 Å². The Kier molecular flexibility index (Phi) is 3.75. The molecule has 2 aliphatic heterocycles. The van der Waals surface area contributed by atoms with Gasteiger partial charge in [0.25, 0.3) is 5.91 Å². The highest BCUT2D eigenvalue weighted by atomic mass is 16.2. The van der Waals surface area contributed by atoms with Gasteiger partial charge in [0.15, 0.2) is 0 Å². The minimum Gasteiger partial charge on any atom is -0.356 e. The number of aromatic amines is 1. The summed E-state index contributed by atoms with van der Waals surface area (Å²) in [6.45, 7) is 3.99. The van der Waals surface area contributed by atoms with Crippen molar-refractivity contribution in [2.24, 2.45) is 0 Å². The van der Waals surface area contributed by atoms with Crippen LogP contribution in [-0.4, -0.2) is 52.9 Å². The van der Waals surface area contributed by atoms with Crippen molar-refractivity contribution in [2.45, 2.75) is 31.7 Å². The van der Waals surface area contributed by atoms with Crippen LogP contribution in [0.5, 0.6) is 0 Å². The van der Waals surface area contributed by atoms with Gasteiger partial charge >= 0.3 is 0 Å². The highest BCUT2D eigenvalue weighted by Crippen LogP contribution is 2.21. The Bertz CT molecular complexity index is 524. The number of nitrogens with one attached hydrogen (secondary N) is 1. The van der Waals surface area contributed by atoms with Crippen LogP contribution in [0.25, 0.3) is 0 Å². The number of carbonyl (C=O) groups is 1. The molecule has 0 unspecified atom stereocenters. The Morgan fingerprint density at radius 1 is 1.30 bits per heavy atom. The van der Waals surface area contributed by atoms with Crippen molar-refractivity contribution in [3.63, 3.8) is 0 Å². The van der Waals surface area contributed by atoms with E-state index in [9.17, 15) is 4.79 Å². The molecule has 0 spiro atoms. The van der Waals surface area contributed by atoms with Gasteiger partial charge in [-0.25, -0.2) is 0 Å². The molecule has 20 heavy (non-hydrogen) atoms. The van der Waals surface area contributed by atoms with E-state index in [2.05, 4.69) is 9.88 Å². The Labute approximate surface area is 119 Å². The maximum Gasteiger partial charge on any atom is 0.270 e. The van der Waals surface area contributed by atoms with Crippen molar-refractivity contribution in [3.8, 4) is 6.07 Å². The number of nitrogens with zero attached hydrogens (tertiary/aromatic N) is 3. The summed E-state index contributed by atoms with van der Waals surface area (Å²) in [7, 11) is 0. The third-order valence-electron chi connectivity index (χ3n) is 4.40. The van der Waals surface area contributed by atoms with Crippen LogP contribution in [0, 0.1) is 11.3 Å². The van der Waals surface area contributed by atoms with Crippen molar-refractivity contribution in [2.75, 3.05) is 26.2 Å². The fourth-order valence-electron chi connectivity index (χ4n) is 3.26. The number of hydrogen-bond donors (Lipinski definition) is 1. The van der Waals surface area contributed by atoms with E-state index in [1.165, 1.54) is 32.4 Å². The van der Waals surface area contributed by atoms with Gasteiger partial charge in [0.2, 0.25) is 0 Å². The number of carbonyl (C=O) groups excluding carboxylic acids is 1. The minimum absolute atomic E-state index is 0.0195. The van der Waals surface area contributed by atoms with Gasteiger partial charge in [0.1, 0.15) is 11.8 Å². The Balaban J connectivity index is 1.61. The molecular weight excluding hydrogens is 252 g/mol. The van der Waals surface area contributed by atoms with Gasteiger partial charge in [0.05, 0.1) is 5.56 Å². The topological polar surface area (TPSA) is 63.1 Å². The molecule has 0 bridgehead atoms. The van der Waals surface area contributed by atoms with Crippen LogP contribution < -0.4 is 0 Å². The molecule has 0 radical (unpaired) electrons. The second kappa shape index (κ2) is 5.68. The van der Waals surface area contributed by atoms with E-state index in [-0.39, 0.29) is 5.91 Å². The van der Waals surface area contributed by atoms with Crippen molar-refractivity contribution < 1.29 is 4.79 Å². The smallest absolute Gasteiger partial charge is 0.270 e. The van der Waals surface area contributed by atoms with E-state index in [0.717, 1.165) is 19.5 Å². The molecule has 1 aromatic heterocycles. The zero-order valence-corrected chi connectivity index (χ0v) is 11.6. The average molecular weight is 272 g/mol. The molecule has 5 nitrogen and oxygen atoms in total. The fraction of sp³-hybridized carbons (Fsp3) is 0.600. The van der Waals surface area contributed by atoms with Crippen molar-refractivity contribution in [1.29, 1.82) is 5.26 Å². The van der Waals surface area contributed by atoms with Gasteiger partial charge < -0.3 is 9.88 Å². The molecule has 2 fully saturated rings. The van der Waals surface area contributed by atoms with Crippen LogP contribution in [0.4, 0.5) is 0 Å². The van der Waals surface area contributed by atoms with Crippen LogP contribution in [0.1, 0.15) is 41.7 Å². The molecule has 1 aromatic rings. The number of H-pyrrole nitrogens is 1. The molecule has 0 aliphatic carbocycles. The lowest BCUT2D eigenvalue weighted by atomic mass is 10.1. The average Bonchev–Trinajstić information content (AvgIpc) is 3.17. The number of amides is 1. The van der Waals surface area contributed by atoms with Crippen LogP contribution in [0.15, 0.2) is 12.3 Å². The first-order chi connectivity index (χ1) is 9.78. The molecule has 3 heterocycles. The molecule has 106 valence electrons. The summed E-state index contributed by atoms with van der Waals surface area (Å²) in [6.07, 6.45) is 6.56. The second-order valence-electron chi connectivity index (χ2n) is 5.70. The summed E-state index contributed by atoms with van der Waals surface area (Å²) in [4.78, 5) is 19.7. The maximum absolute atomic E-state index is 12.4. The third-order valence-corrected chi connectivity index (χ3v) is 4.40. The van der Waals surface area contributed by atoms with E-state index < -0.39 is 0 Å². The SMILES string of the molecule is N#Cc1c[nH]c(C(=O)N2CC[C@@H](N3CCCCC3)C2)c1. The monoisotopic (exact) mass is 272 g/mol. The van der Waals surface area contributed by atoms with Crippen molar-refractivity contribution >= 4 is 5.91 Å². The van der Waals surface area contributed by atoms with Crippen molar-refractivity contribution in [3.05, 3.63) is 23.5 Å². The normalized spacial score (nSPS) is 23.8. The number of rotatable bonds is 2. The zero-order chi connectivity index (χ0) is 13.9. The summed E-state index contributed by atoms with van der Waals surface area (Å²) in [5, 5.41) is 8.81. The molecule has 0 aromatic carbocycles. The summed E-state index contributed by atoms with van der Waals surface area (Å²) in [5.41, 5.74) is 1.04. The molecule has 2 saturated heterocycles. The van der Waals surface area contributed by atoms with Gasteiger partial charge in [-0.1, -0.05) is 6.42 Å². The Hall–Kier alpha value is -1.80. The Morgan fingerprint density at radius 2 is 2.10 bits per heavy atom. The second-order valence-corrected chi connectivity index (χ2v) is 5.70. The first kappa shape index (κ1) is 13.2. The molecule has 1 atom stereocenters. The van der Waals surface area contributed by atoms with Crippen molar-refractivity contribution in [1.82, 2.24) is 14.8 Å². The lowest BCUT2D eigenvalue weighted by Gasteiger charge is -2.32. The molecule has 1 amide bonds. The number of hydrogen-bond acceptors (Lipinski definition) is 3. The first-order valence-corrected chi connectivity index (χ1v) is 7.40. The number of likely N-dealkylation sites (tertiary alicyclic amines) is 2. The first-order valence-electron chi connectivity index (χ1n) is 7.40. The molecule has 2 aliphatic rings. The third kappa shape index (κ3) is 2.56. The zero-order valence-electron chi connectivity index (χ0n) is 11.6.